The van der Waals surface area contributed by atoms with Crippen molar-refractivity contribution < 1.29 is 4.74 Å². The lowest BCUT2D eigenvalue weighted by Crippen LogP contribution is -1.96. The van der Waals surface area contributed by atoms with Crippen LogP contribution in [-0.2, 0) is 4.74 Å². The molecule has 0 bridgehead atoms. The molecule has 2 N–H and O–H groups in total. The molecule has 0 aliphatic carbocycles. The number of aromatic nitrogens is 2. The molecule has 0 aliphatic heterocycles. The first kappa shape index (κ1) is 9.80. The van der Waals surface area contributed by atoms with Crippen molar-refractivity contribution in [2.24, 2.45) is 0 Å². The largest absolute Gasteiger partial charge is 0.501 e. The summed E-state index contributed by atoms with van der Waals surface area (Å²) in [6.45, 7) is 2.49. The molecule has 5 heteroatoms. The summed E-state index contributed by atoms with van der Waals surface area (Å²) in [7, 11) is 0. The number of nitrogen functional groups attached to an aromatic ring is 1. The predicted octanol–water partition coefficient (Wildman–Crippen LogP) is 1.72. The molecule has 0 saturated heterocycles. The molecule has 0 fully saturated rings. The third kappa shape index (κ3) is 2.59. The van der Waals surface area contributed by atoms with Crippen LogP contribution in [-0.4, -0.2) is 16.8 Å². The number of nitrogens with two attached hydrogens (primary N) is 1. The fourth-order valence-corrected chi connectivity index (χ4v) is 0.860. The Morgan fingerprint density at radius 2 is 2.46 bits per heavy atom. The highest BCUT2D eigenvalue weighted by molar-refractivity contribution is 6.33. The zero-order valence-corrected chi connectivity index (χ0v) is 7.95. The summed E-state index contributed by atoms with van der Waals surface area (Å²) in [5, 5.41) is 7.83. The van der Waals surface area contributed by atoms with E-state index in [4.69, 9.17) is 22.1 Å². The Bertz CT molecular complexity index is 314. The van der Waals surface area contributed by atoms with Crippen LogP contribution in [0.15, 0.2) is 12.5 Å². The van der Waals surface area contributed by atoms with Gasteiger partial charge in [-0.2, -0.15) is 5.10 Å². The number of anilines is 1. The highest BCUT2D eigenvalue weighted by Gasteiger charge is 2.01. The van der Waals surface area contributed by atoms with Gasteiger partial charge in [-0.1, -0.05) is 11.6 Å². The lowest BCUT2D eigenvalue weighted by molar-refractivity contribution is 0.272. The van der Waals surface area contributed by atoms with Gasteiger partial charge in [0.05, 0.1) is 29.8 Å². The lowest BCUT2D eigenvalue weighted by Gasteiger charge is -1.99. The van der Waals surface area contributed by atoms with E-state index in [0.717, 1.165) is 0 Å². The standard InChI is InChI=1S/C8H10ClN3O/c1-2-13-4-3-7-8(10)6(9)5-11-12-7/h3-5H,2H2,1H3,(H2,10,11)/b4-3+. The predicted molar refractivity (Wildman–Crippen MR) is 52.1 cm³/mol. The first-order valence-corrected chi connectivity index (χ1v) is 4.18. The normalized spacial score (nSPS) is 10.6. The Morgan fingerprint density at radius 1 is 1.69 bits per heavy atom. The summed E-state index contributed by atoms with van der Waals surface area (Å²) in [6, 6.07) is 0. The molecule has 0 aliphatic rings. The van der Waals surface area contributed by atoms with Gasteiger partial charge in [-0.15, -0.1) is 5.10 Å². The van der Waals surface area contributed by atoms with Gasteiger partial charge >= 0.3 is 0 Å². The van der Waals surface area contributed by atoms with E-state index in [1.807, 2.05) is 6.92 Å². The second kappa shape index (κ2) is 4.67. The molecule has 1 aromatic heterocycles. The molecular weight excluding hydrogens is 190 g/mol. The molecule has 1 rings (SSSR count). The zero-order valence-electron chi connectivity index (χ0n) is 7.20. The fourth-order valence-electron chi connectivity index (χ4n) is 0.719. The van der Waals surface area contributed by atoms with Gasteiger partial charge in [-0.05, 0) is 6.92 Å². The Kier molecular flexibility index (Phi) is 3.52. The molecule has 4 nitrogen and oxygen atoms in total. The molecule has 0 amide bonds. The van der Waals surface area contributed by atoms with Crippen LogP contribution in [0, 0.1) is 0 Å². The maximum absolute atomic E-state index is 5.72. The average molecular weight is 200 g/mol. The molecule has 1 aromatic rings. The molecule has 0 radical (unpaired) electrons. The van der Waals surface area contributed by atoms with Gasteiger partial charge < -0.3 is 10.5 Å². The van der Waals surface area contributed by atoms with Gasteiger partial charge in [-0.25, -0.2) is 0 Å². The van der Waals surface area contributed by atoms with Crippen LogP contribution in [0.5, 0.6) is 0 Å². The Hall–Kier alpha value is -1.29. The number of nitrogens with zero attached hydrogens (tertiary/aromatic N) is 2. The van der Waals surface area contributed by atoms with Gasteiger partial charge in [0.15, 0.2) is 0 Å². The minimum absolute atomic E-state index is 0.395. The molecule has 0 aromatic carbocycles. The van der Waals surface area contributed by atoms with Crippen molar-refractivity contribution in [3.05, 3.63) is 23.2 Å². The zero-order chi connectivity index (χ0) is 9.68. The number of hydrogen-bond donors (Lipinski definition) is 1. The Labute approximate surface area is 81.4 Å². The lowest BCUT2D eigenvalue weighted by atomic mass is 10.3. The summed E-state index contributed by atoms with van der Waals surface area (Å²) in [4.78, 5) is 0. The highest BCUT2D eigenvalue weighted by atomic mass is 35.5. The van der Waals surface area contributed by atoms with E-state index < -0.39 is 0 Å². The topological polar surface area (TPSA) is 61.0 Å². The fraction of sp³-hybridized carbons (Fsp3) is 0.250. The van der Waals surface area contributed by atoms with Crippen LogP contribution < -0.4 is 5.73 Å². The number of halogens is 1. The number of rotatable bonds is 3. The van der Waals surface area contributed by atoms with E-state index in [-0.39, 0.29) is 0 Å². The van der Waals surface area contributed by atoms with Crippen LogP contribution in [0.1, 0.15) is 12.6 Å². The van der Waals surface area contributed by atoms with Gasteiger partial charge in [0, 0.05) is 6.08 Å². The molecule has 0 unspecified atom stereocenters. The summed E-state index contributed by atoms with van der Waals surface area (Å²) in [6.07, 6.45) is 4.53. The SMILES string of the molecule is CCO/C=C/c1nncc(Cl)c1N. The van der Waals surface area contributed by atoms with E-state index >= 15 is 0 Å². The van der Waals surface area contributed by atoms with E-state index in [1.165, 1.54) is 12.5 Å². The molecule has 70 valence electrons. The molecule has 13 heavy (non-hydrogen) atoms. The van der Waals surface area contributed by atoms with E-state index in [0.29, 0.717) is 23.0 Å². The van der Waals surface area contributed by atoms with Gasteiger partial charge in [0.25, 0.3) is 0 Å². The first-order valence-electron chi connectivity index (χ1n) is 3.80. The summed E-state index contributed by atoms with van der Waals surface area (Å²) in [5.41, 5.74) is 6.55. The quantitative estimate of drug-likeness (QED) is 0.753. The molecule has 0 spiro atoms. The maximum Gasteiger partial charge on any atom is 0.113 e. The van der Waals surface area contributed by atoms with E-state index in [1.54, 1.807) is 6.08 Å². The smallest absolute Gasteiger partial charge is 0.113 e. The Morgan fingerprint density at radius 3 is 3.15 bits per heavy atom. The van der Waals surface area contributed by atoms with Crippen molar-refractivity contribution >= 4 is 23.4 Å². The van der Waals surface area contributed by atoms with Gasteiger partial charge in [0.2, 0.25) is 0 Å². The first-order chi connectivity index (χ1) is 6.25. The van der Waals surface area contributed by atoms with Gasteiger partial charge in [0.1, 0.15) is 5.69 Å². The third-order valence-corrected chi connectivity index (χ3v) is 1.66. The molecule has 0 saturated carbocycles. The maximum atomic E-state index is 5.72. The van der Waals surface area contributed by atoms with Gasteiger partial charge in [-0.3, -0.25) is 0 Å². The summed E-state index contributed by atoms with van der Waals surface area (Å²) >= 11 is 5.72. The summed E-state index contributed by atoms with van der Waals surface area (Å²) in [5.74, 6) is 0. The minimum atomic E-state index is 0.395. The second-order valence-corrected chi connectivity index (χ2v) is 2.66. The second-order valence-electron chi connectivity index (χ2n) is 2.25. The average Bonchev–Trinajstić information content (AvgIpc) is 2.13. The summed E-state index contributed by atoms with van der Waals surface area (Å²) < 4.78 is 4.99. The number of ether oxygens (including phenoxy) is 1. The molecule has 1 heterocycles. The van der Waals surface area contributed by atoms with Crippen molar-refractivity contribution in [3.8, 4) is 0 Å². The van der Waals surface area contributed by atoms with E-state index in [2.05, 4.69) is 10.2 Å². The number of hydrogen-bond acceptors (Lipinski definition) is 4. The minimum Gasteiger partial charge on any atom is -0.501 e. The Balaban J connectivity index is 2.83. The third-order valence-electron chi connectivity index (χ3n) is 1.36. The van der Waals surface area contributed by atoms with E-state index in [9.17, 15) is 0 Å². The molecular formula is C8H10ClN3O. The highest BCUT2D eigenvalue weighted by Crippen LogP contribution is 2.19. The van der Waals surface area contributed by atoms with Crippen LogP contribution in [0.3, 0.4) is 0 Å². The van der Waals surface area contributed by atoms with Crippen LogP contribution in [0.4, 0.5) is 5.69 Å². The van der Waals surface area contributed by atoms with Crippen LogP contribution in [0.25, 0.3) is 6.08 Å². The monoisotopic (exact) mass is 199 g/mol. The van der Waals surface area contributed by atoms with Crippen molar-refractivity contribution in [1.82, 2.24) is 10.2 Å². The van der Waals surface area contributed by atoms with Crippen molar-refractivity contribution in [2.45, 2.75) is 6.92 Å². The van der Waals surface area contributed by atoms with Crippen molar-refractivity contribution in [3.63, 3.8) is 0 Å². The van der Waals surface area contributed by atoms with Crippen molar-refractivity contribution in [2.75, 3.05) is 12.3 Å². The van der Waals surface area contributed by atoms with Crippen molar-refractivity contribution in [1.29, 1.82) is 0 Å². The van der Waals surface area contributed by atoms with Crippen LogP contribution >= 0.6 is 11.6 Å². The molecule has 0 atom stereocenters. The van der Waals surface area contributed by atoms with Crippen LogP contribution in [0.2, 0.25) is 5.02 Å².